The van der Waals surface area contributed by atoms with Gasteiger partial charge in [-0.25, -0.2) is 0 Å². The normalized spacial score (nSPS) is 17.0. The minimum absolute atomic E-state index is 0.939. The number of nitrogens with zero attached hydrogens (tertiary/aromatic N) is 2. The van der Waals surface area contributed by atoms with Crippen LogP contribution in [0.5, 0.6) is 0 Å². The van der Waals surface area contributed by atoms with Crippen LogP contribution in [0.25, 0.3) is 5.57 Å². The summed E-state index contributed by atoms with van der Waals surface area (Å²) in [5, 5.41) is 8.69. The summed E-state index contributed by atoms with van der Waals surface area (Å²) in [6.07, 6.45) is 3.60. The second-order valence-electron chi connectivity index (χ2n) is 3.60. The molecule has 74 valence electrons. The van der Waals surface area contributed by atoms with Crippen molar-refractivity contribution >= 4 is 11.3 Å². The van der Waals surface area contributed by atoms with Gasteiger partial charge >= 0.3 is 0 Å². The molecule has 2 heteroatoms. The van der Waals surface area contributed by atoms with Crippen LogP contribution >= 0.6 is 0 Å². The van der Waals surface area contributed by atoms with Gasteiger partial charge in [-0.2, -0.15) is 5.26 Å². The highest BCUT2D eigenvalue weighted by molar-refractivity contribution is 5.83. The van der Waals surface area contributed by atoms with Crippen molar-refractivity contribution in [2.75, 3.05) is 11.9 Å². The van der Waals surface area contributed by atoms with Crippen molar-refractivity contribution in [2.45, 2.75) is 6.92 Å². The summed E-state index contributed by atoms with van der Waals surface area (Å²) in [4.78, 5) is 2.03. The highest BCUT2D eigenvalue weighted by Gasteiger charge is 2.16. The van der Waals surface area contributed by atoms with E-state index in [0.717, 1.165) is 11.4 Å². The van der Waals surface area contributed by atoms with Crippen LogP contribution in [0.1, 0.15) is 12.5 Å². The van der Waals surface area contributed by atoms with E-state index in [1.807, 2.05) is 30.2 Å². The maximum atomic E-state index is 8.69. The van der Waals surface area contributed by atoms with Gasteiger partial charge in [0.05, 0.1) is 11.8 Å². The average molecular weight is 196 g/mol. The number of para-hydroxylation sites is 1. The van der Waals surface area contributed by atoms with Crippen molar-refractivity contribution < 1.29 is 0 Å². The SMILES string of the molecule is CC1=C/C(=C\C#N)N(C)c2ccccc21. The maximum Gasteiger partial charge on any atom is 0.0933 e. The highest BCUT2D eigenvalue weighted by Crippen LogP contribution is 2.33. The Hall–Kier alpha value is -2.01. The van der Waals surface area contributed by atoms with Crippen LogP contribution in [0.4, 0.5) is 5.69 Å². The lowest BCUT2D eigenvalue weighted by Gasteiger charge is -2.28. The standard InChI is InChI=1S/C13H12N2/c1-10-9-11(7-8-14)15(2)13-6-4-3-5-12(10)13/h3-7,9H,1-2H3/b11-7+. The van der Waals surface area contributed by atoms with Gasteiger partial charge in [0.1, 0.15) is 0 Å². The van der Waals surface area contributed by atoms with Gasteiger partial charge in [-0.1, -0.05) is 18.2 Å². The average Bonchev–Trinajstić information content (AvgIpc) is 2.26. The van der Waals surface area contributed by atoms with E-state index in [-0.39, 0.29) is 0 Å². The van der Waals surface area contributed by atoms with Gasteiger partial charge in [0.15, 0.2) is 0 Å². The number of hydrogen-bond donors (Lipinski definition) is 0. The van der Waals surface area contributed by atoms with Crippen LogP contribution < -0.4 is 4.90 Å². The van der Waals surface area contributed by atoms with Crippen LogP contribution in [0.15, 0.2) is 42.1 Å². The van der Waals surface area contributed by atoms with E-state index in [4.69, 9.17) is 5.26 Å². The lowest BCUT2D eigenvalue weighted by atomic mass is 9.99. The molecule has 1 aromatic rings. The molecule has 0 aromatic heterocycles. The van der Waals surface area contributed by atoms with Crippen molar-refractivity contribution in [3.8, 4) is 6.07 Å². The zero-order chi connectivity index (χ0) is 10.8. The minimum Gasteiger partial charge on any atom is -0.344 e. The van der Waals surface area contributed by atoms with Crippen LogP contribution in [-0.4, -0.2) is 7.05 Å². The first-order valence-corrected chi connectivity index (χ1v) is 4.85. The van der Waals surface area contributed by atoms with Crippen molar-refractivity contribution in [3.05, 3.63) is 47.7 Å². The van der Waals surface area contributed by atoms with Crippen molar-refractivity contribution in [2.24, 2.45) is 0 Å². The molecule has 0 saturated carbocycles. The molecule has 0 bridgehead atoms. The van der Waals surface area contributed by atoms with Crippen LogP contribution in [0, 0.1) is 11.3 Å². The van der Waals surface area contributed by atoms with Crippen LogP contribution in [0.2, 0.25) is 0 Å². The second kappa shape index (κ2) is 3.62. The zero-order valence-corrected chi connectivity index (χ0v) is 8.86. The Morgan fingerprint density at radius 3 is 2.80 bits per heavy atom. The van der Waals surface area contributed by atoms with E-state index in [1.165, 1.54) is 11.1 Å². The quantitative estimate of drug-likeness (QED) is 0.596. The molecule has 2 nitrogen and oxygen atoms in total. The molecule has 1 aliphatic rings. The molecular weight excluding hydrogens is 184 g/mol. The fraction of sp³-hybridized carbons (Fsp3) is 0.154. The van der Waals surface area contributed by atoms with Gasteiger partial charge in [0, 0.05) is 24.4 Å². The molecule has 0 unspecified atom stereocenters. The largest absolute Gasteiger partial charge is 0.344 e. The van der Waals surface area contributed by atoms with E-state index < -0.39 is 0 Å². The van der Waals surface area contributed by atoms with Gasteiger partial charge in [0.25, 0.3) is 0 Å². The maximum absolute atomic E-state index is 8.69. The lowest BCUT2D eigenvalue weighted by Crippen LogP contribution is -2.19. The van der Waals surface area contributed by atoms with Gasteiger partial charge in [-0.3, -0.25) is 0 Å². The molecule has 15 heavy (non-hydrogen) atoms. The Morgan fingerprint density at radius 2 is 2.07 bits per heavy atom. The van der Waals surface area contributed by atoms with Crippen LogP contribution in [0.3, 0.4) is 0 Å². The number of fused-ring (bicyclic) bond motifs is 1. The molecule has 1 heterocycles. The monoisotopic (exact) mass is 196 g/mol. The summed E-state index contributed by atoms with van der Waals surface area (Å²) in [5.74, 6) is 0. The first-order chi connectivity index (χ1) is 7.24. The van der Waals surface area contributed by atoms with Gasteiger partial charge in [-0.05, 0) is 24.6 Å². The van der Waals surface area contributed by atoms with E-state index in [1.54, 1.807) is 6.08 Å². The first kappa shape index (κ1) is 9.54. The summed E-state index contributed by atoms with van der Waals surface area (Å²) >= 11 is 0. The molecule has 0 saturated heterocycles. The van der Waals surface area contributed by atoms with Crippen molar-refractivity contribution in [1.29, 1.82) is 5.26 Å². The van der Waals surface area contributed by atoms with Gasteiger partial charge in [0.2, 0.25) is 0 Å². The number of rotatable bonds is 0. The molecule has 0 fully saturated rings. The minimum atomic E-state index is 0.939. The van der Waals surface area contributed by atoms with E-state index in [0.29, 0.717) is 0 Å². The Balaban J connectivity index is 2.60. The molecule has 0 N–H and O–H groups in total. The Morgan fingerprint density at radius 1 is 1.33 bits per heavy atom. The molecule has 0 amide bonds. The van der Waals surface area contributed by atoms with Crippen LogP contribution in [-0.2, 0) is 0 Å². The number of allylic oxidation sites excluding steroid dienone is 3. The number of likely N-dealkylation sites (N-methyl/N-ethyl adjacent to an activating group) is 1. The lowest BCUT2D eigenvalue weighted by molar-refractivity contribution is 1.11. The molecule has 0 radical (unpaired) electrons. The molecule has 0 spiro atoms. The highest BCUT2D eigenvalue weighted by atomic mass is 15.1. The van der Waals surface area contributed by atoms with Gasteiger partial charge < -0.3 is 4.90 Å². The second-order valence-corrected chi connectivity index (χ2v) is 3.60. The predicted molar refractivity (Wildman–Crippen MR) is 62.2 cm³/mol. The first-order valence-electron chi connectivity index (χ1n) is 4.85. The fourth-order valence-electron chi connectivity index (χ4n) is 1.84. The molecule has 0 atom stereocenters. The molecular formula is C13H12N2. The van der Waals surface area contributed by atoms with Gasteiger partial charge in [-0.15, -0.1) is 0 Å². The number of nitriles is 1. The molecule has 0 aliphatic carbocycles. The zero-order valence-electron chi connectivity index (χ0n) is 8.86. The third-order valence-corrected chi connectivity index (χ3v) is 2.65. The fourth-order valence-corrected chi connectivity index (χ4v) is 1.84. The topological polar surface area (TPSA) is 27.0 Å². The van der Waals surface area contributed by atoms with E-state index in [9.17, 15) is 0 Å². The number of anilines is 1. The third-order valence-electron chi connectivity index (χ3n) is 2.65. The summed E-state index contributed by atoms with van der Waals surface area (Å²) in [7, 11) is 1.98. The molecule has 2 rings (SSSR count). The smallest absolute Gasteiger partial charge is 0.0933 e. The predicted octanol–water partition coefficient (Wildman–Crippen LogP) is 2.95. The summed E-state index contributed by atoms with van der Waals surface area (Å²) in [6.45, 7) is 2.07. The third kappa shape index (κ3) is 1.53. The van der Waals surface area contributed by atoms with E-state index >= 15 is 0 Å². The Bertz CT molecular complexity index is 490. The summed E-state index contributed by atoms with van der Waals surface area (Å²) in [5.41, 5.74) is 4.52. The number of hydrogen-bond acceptors (Lipinski definition) is 2. The number of benzene rings is 1. The molecule has 1 aromatic carbocycles. The summed E-state index contributed by atoms with van der Waals surface area (Å²) in [6, 6.07) is 10.3. The Labute approximate surface area is 89.8 Å². The van der Waals surface area contributed by atoms with Crippen molar-refractivity contribution in [3.63, 3.8) is 0 Å². The Kier molecular flexibility index (Phi) is 2.31. The summed E-state index contributed by atoms with van der Waals surface area (Å²) < 4.78 is 0. The van der Waals surface area contributed by atoms with E-state index in [2.05, 4.69) is 25.1 Å². The van der Waals surface area contributed by atoms with Crippen molar-refractivity contribution in [1.82, 2.24) is 0 Å². The molecule has 1 aliphatic heterocycles.